The zero-order valence-electron chi connectivity index (χ0n) is 28.9. The molecule has 2 aromatic heterocycles. The van der Waals surface area contributed by atoms with Crippen LogP contribution in [-0.4, -0.2) is 56.1 Å². The van der Waals surface area contributed by atoms with Crippen molar-refractivity contribution in [2.45, 2.75) is 57.8 Å². The molecule has 51 heavy (non-hydrogen) atoms. The Morgan fingerprint density at radius 3 is 2.33 bits per heavy atom. The van der Waals surface area contributed by atoms with E-state index in [0.29, 0.717) is 22.9 Å². The maximum Gasteiger partial charge on any atom is 0.416 e. The van der Waals surface area contributed by atoms with Crippen molar-refractivity contribution in [3.05, 3.63) is 124 Å². The van der Waals surface area contributed by atoms with E-state index in [2.05, 4.69) is 54.8 Å². The van der Waals surface area contributed by atoms with Crippen LogP contribution in [0.25, 0.3) is 22.8 Å². The van der Waals surface area contributed by atoms with Gasteiger partial charge in [-0.15, -0.1) is 0 Å². The summed E-state index contributed by atoms with van der Waals surface area (Å²) in [6.45, 7) is 3.58. The van der Waals surface area contributed by atoms with E-state index in [1.807, 2.05) is 6.07 Å². The number of halogens is 3. The second kappa shape index (κ2) is 14.4. The minimum absolute atomic E-state index is 0.0151. The van der Waals surface area contributed by atoms with Gasteiger partial charge in [0.2, 0.25) is 0 Å². The average Bonchev–Trinajstić information content (AvgIpc) is 3.69. The number of carbonyl (C=O) groups excluding carboxylic acids is 1. The van der Waals surface area contributed by atoms with Crippen molar-refractivity contribution in [3.63, 3.8) is 0 Å². The van der Waals surface area contributed by atoms with E-state index in [1.54, 1.807) is 37.3 Å². The molecule has 0 radical (unpaired) electrons. The number of quaternary nitrogens is 1. The molecule has 1 fully saturated rings. The number of rotatable bonds is 9. The summed E-state index contributed by atoms with van der Waals surface area (Å²) in [5, 5.41) is 16.8. The zero-order valence-corrected chi connectivity index (χ0v) is 28.9. The van der Waals surface area contributed by atoms with Crippen LogP contribution in [0, 0.1) is 24.2 Å². The standard InChI is InChI=1S/C39H40F3N7O2/c1-27-36(35-20-22-44-48(35)33-18-14-29(25-43)15-19-33)47(38(51)46(27)34-11-7-10-31(24-34)39(40,41)42)37(50)45-32-16-12-28(13-17-32)21-23-49(2,3)26-30-8-5-4-6-9-30/h4-11,14-15,18-20,22,24,28,32H,12-13,16-17,21,23,26H2,1-3H3/p+1. The van der Waals surface area contributed by atoms with Gasteiger partial charge in [0.05, 0.1) is 66.8 Å². The zero-order chi connectivity index (χ0) is 36.3. The van der Waals surface area contributed by atoms with Gasteiger partial charge < -0.3 is 9.80 Å². The van der Waals surface area contributed by atoms with Gasteiger partial charge in [-0.2, -0.15) is 23.5 Å². The van der Waals surface area contributed by atoms with E-state index in [0.717, 1.165) is 70.9 Å². The molecule has 9 nitrogen and oxygen atoms in total. The Bertz CT molecular complexity index is 2100. The first-order valence-electron chi connectivity index (χ1n) is 17.1. The molecule has 12 heteroatoms. The van der Waals surface area contributed by atoms with Crippen LogP contribution in [0.5, 0.6) is 0 Å². The number of nitrogens with one attached hydrogen (secondary N) is 1. The number of nitriles is 1. The van der Waals surface area contributed by atoms with Gasteiger partial charge in [0.1, 0.15) is 12.2 Å². The van der Waals surface area contributed by atoms with E-state index in [-0.39, 0.29) is 23.1 Å². The lowest BCUT2D eigenvalue weighted by molar-refractivity contribution is -0.904. The van der Waals surface area contributed by atoms with E-state index < -0.39 is 23.5 Å². The molecule has 0 atom stereocenters. The van der Waals surface area contributed by atoms with Crippen molar-refractivity contribution in [3.8, 4) is 28.8 Å². The molecule has 1 N–H and O–H groups in total. The average molecular weight is 697 g/mol. The van der Waals surface area contributed by atoms with Crippen LogP contribution in [0.3, 0.4) is 0 Å². The molecule has 0 saturated heterocycles. The van der Waals surface area contributed by atoms with Gasteiger partial charge in [-0.05, 0) is 93.5 Å². The van der Waals surface area contributed by atoms with E-state index in [4.69, 9.17) is 0 Å². The molecule has 0 aliphatic heterocycles. The number of nitrogens with zero attached hydrogens (tertiary/aromatic N) is 6. The first-order valence-corrected chi connectivity index (χ1v) is 17.1. The van der Waals surface area contributed by atoms with Crippen LogP contribution < -0.4 is 11.0 Å². The van der Waals surface area contributed by atoms with E-state index in [9.17, 15) is 28.0 Å². The molecular formula is C39H41F3N7O2+. The second-order valence-electron chi connectivity index (χ2n) is 14.0. The number of hydrogen-bond acceptors (Lipinski definition) is 4. The molecule has 6 rings (SSSR count). The molecule has 1 aliphatic carbocycles. The first kappa shape index (κ1) is 35.4. The fourth-order valence-electron chi connectivity index (χ4n) is 7.11. The normalized spacial score (nSPS) is 16.5. The smallest absolute Gasteiger partial charge is 0.335 e. The topological polar surface area (TPSA) is 97.6 Å². The number of imidazole rings is 1. The molecule has 0 bridgehead atoms. The predicted molar refractivity (Wildman–Crippen MR) is 188 cm³/mol. The highest BCUT2D eigenvalue weighted by molar-refractivity contribution is 5.83. The number of benzene rings is 3. The second-order valence-corrected chi connectivity index (χ2v) is 14.0. The predicted octanol–water partition coefficient (Wildman–Crippen LogP) is 7.47. The summed E-state index contributed by atoms with van der Waals surface area (Å²) in [7, 11) is 4.49. The Labute approximate surface area is 294 Å². The fourth-order valence-corrected chi connectivity index (χ4v) is 7.11. The van der Waals surface area contributed by atoms with Crippen molar-refractivity contribution >= 4 is 6.03 Å². The molecule has 0 spiro atoms. The number of carbonyl (C=O) groups is 1. The third-order valence-corrected chi connectivity index (χ3v) is 9.82. The first-order chi connectivity index (χ1) is 24.3. The SMILES string of the molecule is Cc1c(-c2ccnn2-c2ccc(C#N)cc2)n(C(=O)NC2CCC(CC[N+](C)(C)Cc3ccccc3)CC2)c(=O)n1-c1cccc(C(F)(F)F)c1. The van der Waals surface area contributed by atoms with Crippen LogP contribution in [0.2, 0.25) is 0 Å². The van der Waals surface area contributed by atoms with Gasteiger partial charge in [0, 0.05) is 11.6 Å². The molecule has 3 aromatic carbocycles. The van der Waals surface area contributed by atoms with Crippen molar-refractivity contribution < 1.29 is 22.4 Å². The minimum Gasteiger partial charge on any atom is -0.335 e. The number of alkyl halides is 3. The number of aromatic nitrogens is 4. The maximum atomic E-state index is 14.2. The lowest BCUT2D eigenvalue weighted by atomic mass is 9.84. The molecule has 5 aromatic rings. The van der Waals surface area contributed by atoms with Gasteiger partial charge >= 0.3 is 17.9 Å². The van der Waals surface area contributed by atoms with Crippen molar-refractivity contribution in [2.24, 2.45) is 5.92 Å². The Hall–Kier alpha value is -5.41. The molecule has 0 unspecified atom stereocenters. The monoisotopic (exact) mass is 696 g/mol. The Morgan fingerprint density at radius 1 is 0.961 bits per heavy atom. The van der Waals surface area contributed by atoms with Crippen LogP contribution in [-0.2, 0) is 12.7 Å². The highest BCUT2D eigenvalue weighted by Crippen LogP contribution is 2.33. The van der Waals surface area contributed by atoms with Crippen LogP contribution in [0.1, 0.15) is 54.5 Å². The van der Waals surface area contributed by atoms with Crippen LogP contribution in [0.4, 0.5) is 18.0 Å². The highest BCUT2D eigenvalue weighted by atomic mass is 19.4. The van der Waals surface area contributed by atoms with Crippen LogP contribution >= 0.6 is 0 Å². The Kier molecular flexibility index (Phi) is 10.0. The minimum atomic E-state index is -4.62. The summed E-state index contributed by atoms with van der Waals surface area (Å²) >= 11 is 0. The molecular weight excluding hydrogens is 655 g/mol. The van der Waals surface area contributed by atoms with Crippen LogP contribution in [0.15, 0.2) is 95.9 Å². The fraction of sp³-hybridized carbons (Fsp3) is 0.333. The van der Waals surface area contributed by atoms with Gasteiger partial charge in [0.15, 0.2) is 0 Å². The summed E-state index contributed by atoms with van der Waals surface area (Å²) < 4.78 is 45.7. The third kappa shape index (κ3) is 7.84. The largest absolute Gasteiger partial charge is 0.416 e. The lowest BCUT2D eigenvalue weighted by Gasteiger charge is -2.34. The molecule has 1 amide bonds. The summed E-state index contributed by atoms with van der Waals surface area (Å²) in [5.41, 5.74) is 1.46. The maximum absolute atomic E-state index is 14.2. The van der Waals surface area contributed by atoms with Crippen molar-refractivity contribution in [1.82, 2.24) is 24.2 Å². The Morgan fingerprint density at radius 2 is 1.67 bits per heavy atom. The molecule has 1 aliphatic rings. The van der Waals surface area contributed by atoms with E-state index in [1.165, 1.54) is 28.6 Å². The summed E-state index contributed by atoms with van der Waals surface area (Å²) in [6, 6.07) is 24.5. The third-order valence-electron chi connectivity index (χ3n) is 9.82. The quantitative estimate of drug-likeness (QED) is 0.162. The number of hydrogen-bond donors (Lipinski definition) is 1. The number of amides is 1. The van der Waals surface area contributed by atoms with Gasteiger partial charge in [-0.3, -0.25) is 4.57 Å². The van der Waals surface area contributed by atoms with Gasteiger partial charge in [-0.25, -0.2) is 18.8 Å². The summed E-state index contributed by atoms with van der Waals surface area (Å²) in [4.78, 5) is 28.3. The van der Waals surface area contributed by atoms with E-state index >= 15 is 0 Å². The molecule has 2 heterocycles. The molecule has 1 saturated carbocycles. The van der Waals surface area contributed by atoms with Crippen molar-refractivity contribution in [2.75, 3.05) is 20.6 Å². The van der Waals surface area contributed by atoms with Crippen molar-refractivity contribution in [1.29, 1.82) is 5.26 Å². The lowest BCUT2D eigenvalue weighted by Crippen LogP contribution is -2.44. The Balaban J connectivity index is 1.26. The molecule has 264 valence electrons. The summed E-state index contributed by atoms with van der Waals surface area (Å²) in [6.07, 6.45) is 1.35. The van der Waals surface area contributed by atoms with Gasteiger partial charge in [0.25, 0.3) is 0 Å². The van der Waals surface area contributed by atoms with Gasteiger partial charge in [-0.1, -0.05) is 36.4 Å². The summed E-state index contributed by atoms with van der Waals surface area (Å²) in [5.74, 6) is 0.524. The highest BCUT2D eigenvalue weighted by Gasteiger charge is 2.33.